The highest BCUT2D eigenvalue weighted by Crippen LogP contribution is 2.18. The zero-order valence-corrected chi connectivity index (χ0v) is 10.6. The lowest BCUT2D eigenvalue weighted by atomic mass is 10.1. The van der Waals surface area contributed by atoms with Gasteiger partial charge in [-0.1, -0.05) is 12.1 Å². The summed E-state index contributed by atoms with van der Waals surface area (Å²) >= 11 is 1.70. The zero-order chi connectivity index (χ0) is 12.0. The van der Waals surface area contributed by atoms with E-state index in [4.69, 9.17) is 4.74 Å². The third-order valence-corrected chi connectivity index (χ3v) is 3.01. The average molecular weight is 239 g/mol. The number of ether oxygens (including phenoxy) is 1. The maximum atomic E-state index is 11.3. The van der Waals surface area contributed by atoms with Gasteiger partial charge in [-0.25, -0.2) is 0 Å². The van der Waals surface area contributed by atoms with Crippen molar-refractivity contribution in [3.05, 3.63) is 29.8 Å². The van der Waals surface area contributed by atoms with E-state index in [2.05, 4.69) is 17.4 Å². The van der Waals surface area contributed by atoms with Crippen LogP contribution >= 0.6 is 11.8 Å². The number of hydrogen-bond acceptors (Lipinski definition) is 3. The molecular weight excluding hydrogens is 222 g/mol. The summed E-state index contributed by atoms with van der Waals surface area (Å²) in [4.78, 5) is 12.5. The average Bonchev–Trinajstić information content (AvgIpc) is 2.29. The minimum absolute atomic E-state index is 0.0126. The monoisotopic (exact) mass is 239 g/mol. The number of hydrogen-bond donors (Lipinski definition) is 1. The van der Waals surface area contributed by atoms with E-state index in [0.717, 1.165) is 5.56 Å². The van der Waals surface area contributed by atoms with Crippen LogP contribution in [0.2, 0.25) is 0 Å². The fourth-order valence-electron chi connectivity index (χ4n) is 1.39. The van der Waals surface area contributed by atoms with E-state index in [9.17, 15) is 4.79 Å². The molecule has 0 aliphatic heterocycles. The molecule has 0 aromatic heterocycles. The maximum Gasteiger partial charge on any atom is 0.246 e. The fourth-order valence-corrected chi connectivity index (χ4v) is 1.80. The van der Waals surface area contributed by atoms with Crippen LogP contribution in [-0.4, -0.2) is 25.9 Å². The van der Waals surface area contributed by atoms with Crippen LogP contribution < -0.4 is 5.32 Å². The van der Waals surface area contributed by atoms with E-state index in [-0.39, 0.29) is 18.6 Å². The Morgan fingerprint density at radius 2 is 2.06 bits per heavy atom. The van der Waals surface area contributed by atoms with Gasteiger partial charge in [0.1, 0.15) is 6.61 Å². The molecule has 4 heteroatoms. The first kappa shape index (κ1) is 13.1. The fraction of sp³-hybridized carbons (Fsp3) is 0.417. The lowest BCUT2D eigenvalue weighted by molar-refractivity contribution is -0.125. The Kier molecular flexibility index (Phi) is 5.35. The highest BCUT2D eigenvalue weighted by molar-refractivity contribution is 7.98. The van der Waals surface area contributed by atoms with Crippen molar-refractivity contribution in [2.75, 3.05) is 20.0 Å². The molecule has 0 spiro atoms. The third-order valence-electron chi connectivity index (χ3n) is 2.27. The maximum absolute atomic E-state index is 11.3. The molecule has 16 heavy (non-hydrogen) atoms. The van der Waals surface area contributed by atoms with Crippen molar-refractivity contribution in [3.63, 3.8) is 0 Å². The molecule has 0 bridgehead atoms. The molecule has 0 fully saturated rings. The SMILES string of the molecule is COCC(=O)N[C@@H](C)c1ccc(SC)cc1. The van der Waals surface area contributed by atoms with Gasteiger partial charge >= 0.3 is 0 Å². The number of thioether (sulfide) groups is 1. The van der Waals surface area contributed by atoms with Crippen LogP contribution in [0, 0.1) is 0 Å². The van der Waals surface area contributed by atoms with E-state index >= 15 is 0 Å². The highest BCUT2D eigenvalue weighted by Gasteiger charge is 2.08. The molecule has 0 unspecified atom stereocenters. The van der Waals surface area contributed by atoms with Gasteiger partial charge in [0.05, 0.1) is 6.04 Å². The summed E-state index contributed by atoms with van der Waals surface area (Å²) in [5.41, 5.74) is 1.10. The Labute approximate surface area is 101 Å². The number of rotatable bonds is 5. The lowest BCUT2D eigenvalue weighted by Crippen LogP contribution is -2.29. The van der Waals surface area contributed by atoms with Crippen molar-refractivity contribution in [1.82, 2.24) is 5.32 Å². The second-order valence-electron chi connectivity index (χ2n) is 3.50. The van der Waals surface area contributed by atoms with Crippen LogP contribution in [-0.2, 0) is 9.53 Å². The number of methoxy groups -OCH3 is 1. The molecule has 0 saturated heterocycles. The van der Waals surface area contributed by atoms with Crippen molar-refractivity contribution >= 4 is 17.7 Å². The van der Waals surface area contributed by atoms with Gasteiger partial charge in [0.25, 0.3) is 0 Å². The van der Waals surface area contributed by atoms with Gasteiger partial charge in [-0.05, 0) is 30.9 Å². The van der Waals surface area contributed by atoms with Crippen molar-refractivity contribution < 1.29 is 9.53 Å². The molecule has 3 nitrogen and oxygen atoms in total. The molecule has 0 radical (unpaired) electrons. The Morgan fingerprint density at radius 1 is 1.44 bits per heavy atom. The number of carbonyl (C=O) groups excluding carboxylic acids is 1. The lowest BCUT2D eigenvalue weighted by Gasteiger charge is -2.14. The smallest absolute Gasteiger partial charge is 0.246 e. The predicted molar refractivity (Wildman–Crippen MR) is 66.7 cm³/mol. The standard InChI is InChI=1S/C12H17NO2S/c1-9(13-12(14)8-15-2)10-4-6-11(16-3)7-5-10/h4-7,9H,8H2,1-3H3,(H,13,14)/t9-/m0/s1. The summed E-state index contributed by atoms with van der Waals surface area (Å²) in [5.74, 6) is -0.0936. The Bertz CT molecular complexity index is 337. The second kappa shape index (κ2) is 6.55. The third kappa shape index (κ3) is 3.87. The van der Waals surface area contributed by atoms with Crippen molar-refractivity contribution in [3.8, 4) is 0 Å². The Hall–Kier alpha value is -1.00. The van der Waals surface area contributed by atoms with Gasteiger partial charge in [-0.3, -0.25) is 4.79 Å². The van der Waals surface area contributed by atoms with E-state index < -0.39 is 0 Å². The quantitative estimate of drug-likeness (QED) is 0.801. The van der Waals surface area contributed by atoms with Gasteiger partial charge in [0.15, 0.2) is 0 Å². The normalized spacial score (nSPS) is 12.2. The van der Waals surface area contributed by atoms with Gasteiger partial charge in [-0.2, -0.15) is 0 Å². The first-order valence-electron chi connectivity index (χ1n) is 5.09. The molecule has 0 saturated carbocycles. The second-order valence-corrected chi connectivity index (χ2v) is 4.38. The van der Waals surface area contributed by atoms with Crippen molar-refractivity contribution in [1.29, 1.82) is 0 Å². The summed E-state index contributed by atoms with van der Waals surface area (Å²) in [6.07, 6.45) is 2.04. The number of nitrogens with one attached hydrogen (secondary N) is 1. The first-order chi connectivity index (χ1) is 7.67. The molecular formula is C12H17NO2S. The first-order valence-corrected chi connectivity index (χ1v) is 6.32. The molecule has 1 aromatic rings. The van der Waals surface area contributed by atoms with Gasteiger partial charge < -0.3 is 10.1 Å². The minimum atomic E-state index is -0.0936. The summed E-state index contributed by atoms with van der Waals surface area (Å²) in [7, 11) is 1.51. The molecule has 1 rings (SSSR count). The summed E-state index contributed by atoms with van der Waals surface area (Å²) in [6, 6.07) is 8.18. The predicted octanol–water partition coefficient (Wildman–Crippen LogP) is 2.23. The van der Waals surface area contributed by atoms with E-state index in [1.807, 2.05) is 25.3 Å². The number of benzene rings is 1. The molecule has 0 heterocycles. The highest BCUT2D eigenvalue weighted by atomic mass is 32.2. The van der Waals surface area contributed by atoms with Crippen LogP contribution in [0.25, 0.3) is 0 Å². The van der Waals surface area contributed by atoms with E-state index in [1.165, 1.54) is 12.0 Å². The van der Waals surface area contributed by atoms with Gasteiger partial charge in [0, 0.05) is 12.0 Å². The van der Waals surface area contributed by atoms with Gasteiger partial charge in [0.2, 0.25) is 5.91 Å². The van der Waals surface area contributed by atoms with Gasteiger partial charge in [-0.15, -0.1) is 11.8 Å². The summed E-state index contributed by atoms with van der Waals surface area (Å²) in [5, 5.41) is 2.86. The van der Waals surface area contributed by atoms with Crippen LogP contribution in [0.5, 0.6) is 0 Å². The minimum Gasteiger partial charge on any atom is -0.375 e. The van der Waals surface area contributed by atoms with Crippen LogP contribution in [0.3, 0.4) is 0 Å². The molecule has 1 atom stereocenters. The molecule has 0 aliphatic rings. The van der Waals surface area contributed by atoms with E-state index in [0.29, 0.717) is 0 Å². The largest absolute Gasteiger partial charge is 0.375 e. The van der Waals surface area contributed by atoms with E-state index in [1.54, 1.807) is 11.8 Å². The van der Waals surface area contributed by atoms with Crippen molar-refractivity contribution in [2.24, 2.45) is 0 Å². The molecule has 0 aliphatic carbocycles. The van der Waals surface area contributed by atoms with Crippen LogP contribution in [0.15, 0.2) is 29.2 Å². The topological polar surface area (TPSA) is 38.3 Å². The Balaban J connectivity index is 2.58. The molecule has 88 valence electrons. The van der Waals surface area contributed by atoms with Crippen LogP contribution in [0.1, 0.15) is 18.5 Å². The van der Waals surface area contributed by atoms with Crippen LogP contribution in [0.4, 0.5) is 0 Å². The number of amides is 1. The zero-order valence-electron chi connectivity index (χ0n) is 9.82. The molecule has 1 N–H and O–H groups in total. The molecule has 1 aromatic carbocycles. The number of carbonyl (C=O) groups is 1. The molecule has 1 amide bonds. The summed E-state index contributed by atoms with van der Waals surface area (Å²) in [6.45, 7) is 2.06. The summed E-state index contributed by atoms with van der Waals surface area (Å²) < 4.78 is 4.76. The Morgan fingerprint density at radius 3 is 2.56 bits per heavy atom. The van der Waals surface area contributed by atoms with Crippen molar-refractivity contribution in [2.45, 2.75) is 17.9 Å².